The van der Waals surface area contributed by atoms with Crippen molar-refractivity contribution in [1.29, 1.82) is 0 Å². The average Bonchev–Trinajstić information content (AvgIpc) is 2.07. The van der Waals surface area contributed by atoms with Crippen LogP contribution in [-0.2, 0) is 4.57 Å². The van der Waals surface area contributed by atoms with Gasteiger partial charge >= 0.3 is 5.71 Å². The molecule has 0 aliphatic carbocycles. The lowest BCUT2D eigenvalue weighted by atomic mass is 10.2. The second-order valence-corrected chi connectivity index (χ2v) is 6.60. The van der Waals surface area contributed by atoms with Crippen LogP contribution in [0.1, 0.15) is 5.56 Å². The Bertz CT molecular complexity index is 375. The number of rotatable bonds is 2. The highest BCUT2D eigenvalue weighted by Crippen LogP contribution is 2.38. The third-order valence-electron chi connectivity index (χ3n) is 1.67. The number of benzene rings is 1. The van der Waals surface area contributed by atoms with Crippen LogP contribution >= 0.6 is 7.14 Å². The van der Waals surface area contributed by atoms with Crippen molar-refractivity contribution in [3.05, 3.63) is 29.8 Å². The minimum atomic E-state index is -2.80. The predicted octanol–water partition coefficient (Wildman–Crippen LogP) is 3.12. The van der Waals surface area contributed by atoms with E-state index >= 15 is 0 Å². The molecule has 0 amide bonds. The lowest BCUT2D eigenvalue weighted by Crippen LogP contribution is -2.04. The Morgan fingerprint density at radius 2 is 1.71 bits per heavy atom. The zero-order chi connectivity index (χ0) is 10.8. The van der Waals surface area contributed by atoms with E-state index < -0.39 is 12.9 Å². The van der Waals surface area contributed by atoms with Crippen molar-refractivity contribution >= 4 is 12.9 Å². The zero-order valence-corrected chi connectivity index (χ0v) is 9.38. The maximum atomic E-state index is 11.3. The maximum absolute atomic E-state index is 11.3. The molecule has 76 valence electrons. The molecule has 0 radical (unpaired) electrons. The summed E-state index contributed by atoms with van der Waals surface area (Å²) < 4.78 is 16.2. The Labute approximate surface area is 83.5 Å². The summed E-state index contributed by atoms with van der Waals surface area (Å²) in [5.74, 6) is 0.435. The van der Waals surface area contributed by atoms with Gasteiger partial charge in [0.05, 0.1) is 0 Å². The molecule has 0 atom stereocenters. The number of ether oxygens (including phenoxy) is 1. The summed E-state index contributed by atoms with van der Waals surface area (Å²) >= 11 is 0. The minimum Gasteiger partial charge on any atom is -0.421 e. The first kappa shape index (κ1) is 11.0. The Balaban J connectivity index is 2.76. The number of aryl methyl sites for hydroxylation is 1. The largest absolute Gasteiger partial charge is 0.421 e. The topological polar surface area (TPSA) is 43.4 Å². The van der Waals surface area contributed by atoms with Crippen LogP contribution < -0.4 is 4.74 Å². The molecule has 1 rings (SSSR count). The molecule has 0 heterocycles. The number of hydrogen-bond donors (Lipinski definition) is 0. The Morgan fingerprint density at radius 3 is 2.14 bits per heavy atom. The second-order valence-electron chi connectivity index (χ2n) is 3.53. The molecule has 1 aromatic rings. The summed E-state index contributed by atoms with van der Waals surface area (Å²) in [7, 11) is -2.80. The summed E-state index contributed by atoms with van der Waals surface area (Å²) in [5, 5.41) is 0. The fourth-order valence-corrected chi connectivity index (χ4v) is 1.14. The van der Waals surface area contributed by atoms with Gasteiger partial charge in [-0.25, -0.2) is 4.79 Å². The van der Waals surface area contributed by atoms with Crippen molar-refractivity contribution in [2.24, 2.45) is 0 Å². The van der Waals surface area contributed by atoms with E-state index in [1.807, 2.05) is 19.1 Å². The van der Waals surface area contributed by atoms with Gasteiger partial charge in [0.25, 0.3) is 0 Å². The van der Waals surface area contributed by atoms with Crippen molar-refractivity contribution in [2.75, 3.05) is 13.3 Å². The van der Waals surface area contributed by atoms with E-state index in [4.69, 9.17) is 4.74 Å². The standard InChI is InChI=1S/C10H13O3P/c1-8-4-6-9(7-5-8)13-10(11)14(2,3)12/h4-7H,1-3H3. The molecular weight excluding hydrogens is 199 g/mol. The molecular formula is C10H13O3P. The third-order valence-corrected chi connectivity index (χ3v) is 2.64. The van der Waals surface area contributed by atoms with Crippen molar-refractivity contribution in [3.63, 3.8) is 0 Å². The molecule has 0 aromatic heterocycles. The molecule has 0 spiro atoms. The molecule has 4 heteroatoms. The molecule has 0 aliphatic rings. The molecule has 0 saturated heterocycles. The van der Waals surface area contributed by atoms with Gasteiger partial charge in [-0.15, -0.1) is 0 Å². The van der Waals surface area contributed by atoms with Gasteiger partial charge in [0.2, 0.25) is 0 Å². The first-order valence-electron chi connectivity index (χ1n) is 4.23. The Kier molecular flexibility index (Phi) is 3.12. The number of carbonyl (C=O) groups excluding carboxylic acids is 1. The minimum absolute atomic E-state index is 0.435. The predicted molar refractivity (Wildman–Crippen MR) is 56.7 cm³/mol. The van der Waals surface area contributed by atoms with E-state index in [9.17, 15) is 9.36 Å². The zero-order valence-electron chi connectivity index (χ0n) is 8.48. The summed E-state index contributed by atoms with van der Waals surface area (Å²) in [6.45, 7) is 4.73. The molecule has 14 heavy (non-hydrogen) atoms. The summed E-state index contributed by atoms with van der Waals surface area (Å²) in [6, 6.07) is 7.03. The number of carbonyl (C=O) groups is 1. The van der Waals surface area contributed by atoms with Crippen LogP contribution in [0.5, 0.6) is 5.75 Å². The average molecular weight is 212 g/mol. The summed E-state index contributed by atoms with van der Waals surface area (Å²) in [4.78, 5) is 11.2. The van der Waals surface area contributed by atoms with Crippen LogP contribution in [0.3, 0.4) is 0 Å². The highest BCUT2D eigenvalue weighted by atomic mass is 31.2. The molecule has 0 N–H and O–H groups in total. The van der Waals surface area contributed by atoms with Gasteiger partial charge < -0.3 is 9.30 Å². The van der Waals surface area contributed by atoms with Gasteiger partial charge in [0.15, 0.2) is 7.14 Å². The molecule has 0 fully saturated rings. The smallest absolute Gasteiger partial charge is 0.368 e. The first-order valence-corrected chi connectivity index (χ1v) is 6.84. The van der Waals surface area contributed by atoms with Crippen LogP contribution in [-0.4, -0.2) is 19.0 Å². The highest BCUT2D eigenvalue weighted by Gasteiger charge is 2.21. The Hall–Kier alpha value is -1.08. The van der Waals surface area contributed by atoms with Crippen molar-refractivity contribution in [1.82, 2.24) is 0 Å². The van der Waals surface area contributed by atoms with E-state index in [0.717, 1.165) is 5.56 Å². The van der Waals surface area contributed by atoms with E-state index in [0.29, 0.717) is 5.75 Å². The van der Waals surface area contributed by atoms with Crippen LogP contribution in [0.15, 0.2) is 24.3 Å². The van der Waals surface area contributed by atoms with E-state index in [1.165, 1.54) is 13.3 Å². The molecule has 0 aliphatic heterocycles. The van der Waals surface area contributed by atoms with Gasteiger partial charge in [-0.1, -0.05) is 17.7 Å². The maximum Gasteiger partial charge on any atom is 0.368 e. The monoisotopic (exact) mass is 212 g/mol. The molecule has 0 saturated carbocycles. The van der Waals surface area contributed by atoms with E-state index in [1.54, 1.807) is 12.1 Å². The van der Waals surface area contributed by atoms with Crippen molar-refractivity contribution in [3.8, 4) is 5.75 Å². The van der Waals surface area contributed by atoms with E-state index in [-0.39, 0.29) is 0 Å². The summed E-state index contributed by atoms with van der Waals surface area (Å²) in [5.41, 5.74) is 0.433. The molecule has 3 nitrogen and oxygen atoms in total. The molecule has 0 unspecified atom stereocenters. The number of hydrogen-bond acceptors (Lipinski definition) is 3. The normalized spacial score (nSPS) is 11.1. The highest BCUT2D eigenvalue weighted by molar-refractivity contribution is 7.78. The fourth-order valence-electron chi connectivity index (χ4n) is 0.817. The van der Waals surface area contributed by atoms with Crippen LogP contribution in [0.2, 0.25) is 0 Å². The SMILES string of the molecule is Cc1ccc(OC(=O)P(C)(C)=O)cc1. The van der Waals surface area contributed by atoms with Crippen LogP contribution in [0.4, 0.5) is 4.79 Å². The van der Waals surface area contributed by atoms with Gasteiger partial charge in [0, 0.05) is 0 Å². The lowest BCUT2D eigenvalue weighted by molar-refractivity contribution is 0.224. The van der Waals surface area contributed by atoms with Crippen molar-refractivity contribution in [2.45, 2.75) is 6.92 Å². The van der Waals surface area contributed by atoms with Gasteiger partial charge in [-0.05, 0) is 32.4 Å². The van der Waals surface area contributed by atoms with E-state index in [2.05, 4.69) is 0 Å². The van der Waals surface area contributed by atoms with Crippen LogP contribution in [0, 0.1) is 6.92 Å². The lowest BCUT2D eigenvalue weighted by Gasteiger charge is -2.06. The first-order chi connectivity index (χ1) is 6.39. The molecule has 1 aromatic carbocycles. The Morgan fingerprint density at radius 1 is 1.21 bits per heavy atom. The quantitative estimate of drug-likeness (QED) is 0.707. The van der Waals surface area contributed by atoms with Gasteiger partial charge in [-0.2, -0.15) is 0 Å². The van der Waals surface area contributed by atoms with Crippen molar-refractivity contribution < 1.29 is 14.1 Å². The van der Waals surface area contributed by atoms with Gasteiger partial charge in [-0.3, -0.25) is 0 Å². The van der Waals surface area contributed by atoms with Gasteiger partial charge in [0.1, 0.15) is 5.75 Å². The third kappa shape index (κ3) is 3.00. The van der Waals surface area contributed by atoms with Crippen LogP contribution in [0.25, 0.3) is 0 Å². The summed E-state index contributed by atoms with van der Waals surface area (Å²) in [6.07, 6.45) is 0. The molecule has 0 bridgehead atoms. The second kappa shape index (κ2) is 3.97. The fraction of sp³-hybridized carbons (Fsp3) is 0.300.